The maximum absolute atomic E-state index is 14.2. The first-order chi connectivity index (χ1) is 14.4. The quantitative estimate of drug-likeness (QED) is 0.571. The zero-order valence-corrected chi connectivity index (χ0v) is 18.6. The van der Waals surface area contributed by atoms with Crippen LogP contribution in [0.25, 0.3) is 12.2 Å². The van der Waals surface area contributed by atoms with Gasteiger partial charge in [-0.05, 0) is 25.1 Å². The lowest BCUT2D eigenvalue weighted by Crippen LogP contribution is -2.45. The van der Waals surface area contributed by atoms with E-state index in [-0.39, 0.29) is 33.8 Å². The summed E-state index contributed by atoms with van der Waals surface area (Å²) >= 11 is 4.20. The Hall–Kier alpha value is -2.30. The van der Waals surface area contributed by atoms with Gasteiger partial charge in [-0.25, -0.2) is 9.18 Å². The third-order valence-corrected chi connectivity index (χ3v) is 5.92. The number of benzene rings is 1. The van der Waals surface area contributed by atoms with E-state index >= 15 is 0 Å². The molecule has 0 N–H and O–H groups in total. The van der Waals surface area contributed by atoms with Gasteiger partial charge in [0.25, 0.3) is 5.56 Å². The van der Waals surface area contributed by atoms with E-state index < -0.39 is 17.3 Å². The number of hydrogen-bond acceptors (Lipinski definition) is 6. The van der Waals surface area contributed by atoms with E-state index in [0.29, 0.717) is 30.8 Å². The lowest BCUT2D eigenvalue weighted by Gasteiger charge is -2.26. The van der Waals surface area contributed by atoms with Gasteiger partial charge in [0.05, 0.1) is 30.4 Å². The molecule has 0 bridgehead atoms. The third kappa shape index (κ3) is 5.44. The minimum Gasteiger partial charge on any atom is -0.463 e. The van der Waals surface area contributed by atoms with Crippen LogP contribution in [0.4, 0.5) is 4.39 Å². The molecule has 160 valence electrons. The van der Waals surface area contributed by atoms with E-state index in [2.05, 4.69) is 15.9 Å². The summed E-state index contributed by atoms with van der Waals surface area (Å²) in [7, 11) is 0. The summed E-state index contributed by atoms with van der Waals surface area (Å²) in [6.45, 7) is 3.39. The van der Waals surface area contributed by atoms with Crippen LogP contribution in [0, 0.1) is 5.82 Å². The number of carbonyl (C=O) groups excluding carboxylic acids is 2. The Balaban J connectivity index is 2.05. The average Bonchev–Trinajstić information content (AvgIpc) is 2.99. The van der Waals surface area contributed by atoms with Crippen LogP contribution in [0.15, 0.2) is 27.5 Å². The standard InChI is InChI=1S/C20H20BrFN2O5S/c1-2-29-19(26)11-18-24(12-17(25)23-5-7-28-8-6-23)20(27)16(30-18)9-13-3-4-14(21)10-15(13)22/h3-4,9-11H,2,5-8,12H2,1H3/b16-9-,18-11-. The second kappa shape index (κ2) is 10.1. The molecule has 1 amide bonds. The lowest BCUT2D eigenvalue weighted by molar-refractivity contribution is -0.136. The van der Waals surface area contributed by atoms with Crippen LogP contribution in [0.1, 0.15) is 12.5 Å². The minimum absolute atomic E-state index is 0.181. The number of morpholine rings is 1. The van der Waals surface area contributed by atoms with Crippen LogP contribution >= 0.6 is 27.3 Å². The molecule has 2 heterocycles. The first-order valence-electron chi connectivity index (χ1n) is 9.29. The molecule has 2 aromatic rings. The summed E-state index contributed by atoms with van der Waals surface area (Å²) in [5.74, 6) is -1.37. The Morgan fingerprint density at radius 3 is 2.73 bits per heavy atom. The van der Waals surface area contributed by atoms with Gasteiger partial charge in [-0.2, -0.15) is 0 Å². The Kier molecular flexibility index (Phi) is 7.57. The summed E-state index contributed by atoms with van der Waals surface area (Å²) in [6, 6.07) is 4.50. The molecule has 0 radical (unpaired) electrons. The Morgan fingerprint density at radius 1 is 1.33 bits per heavy atom. The molecule has 30 heavy (non-hydrogen) atoms. The van der Waals surface area contributed by atoms with Crippen LogP contribution in [0.2, 0.25) is 0 Å². The minimum atomic E-state index is -0.618. The molecule has 1 aliphatic heterocycles. The molecule has 1 aromatic carbocycles. The highest BCUT2D eigenvalue weighted by Gasteiger charge is 2.19. The fourth-order valence-corrected chi connectivity index (χ4v) is 4.24. The van der Waals surface area contributed by atoms with Crippen molar-refractivity contribution in [2.24, 2.45) is 0 Å². The van der Waals surface area contributed by atoms with Gasteiger partial charge in [0, 0.05) is 23.1 Å². The van der Waals surface area contributed by atoms with Gasteiger partial charge in [0.15, 0.2) is 0 Å². The summed E-state index contributed by atoms with van der Waals surface area (Å²) in [5.41, 5.74) is -0.245. The molecule has 0 spiro atoms. The number of halogens is 2. The van der Waals surface area contributed by atoms with Crippen molar-refractivity contribution in [2.75, 3.05) is 32.9 Å². The van der Waals surface area contributed by atoms with Crippen molar-refractivity contribution in [1.82, 2.24) is 9.47 Å². The maximum Gasteiger partial charge on any atom is 0.333 e. The first-order valence-corrected chi connectivity index (χ1v) is 10.9. The number of ether oxygens (including phenoxy) is 2. The molecule has 0 aliphatic carbocycles. The molecular formula is C20H20BrFN2O5S. The Labute approximate surface area is 184 Å². The number of thiazole rings is 1. The topological polar surface area (TPSA) is 77.8 Å². The highest BCUT2D eigenvalue weighted by molar-refractivity contribution is 9.10. The van der Waals surface area contributed by atoms with Gasteiger partial charge in [-0.1, -0.05) is 22.0 Å². The van der Waals surface area contributed by atoms with Crippen LogP contribution in [0.5, 0.6) is 0 Å². The highest BCUT2D eigenvalue weighted by atomic mass is 79.9. The van der Waals surface area contributed by atoms with E-state index in [0.717, 1.165) is 11.3 Å². The molecule has 10 heteroatoms. The van der Waals surface area contributed by atoms with Gasteiger partial charge in [-0.3, -0.25) is 14.2 Å². The van der Waals surface area contributed by atoms with Crippen molar-refractivity contribution >= 4 is 51.3 Å². The number of nitrogens with zero attached hydrogens (tertiary/aromatic N) is 2. The van der Waals surface area contributed by atoms with Crippen molar-refractivity contribution in [3.05, 3.63) is 53.6 Å². The highest BCUT2D eigenvalue weighted by Crippen LogP contribution is 2.15. The predicted molar refractivity (Wildman–Crippen MR) is 114 cm³/mol. The van der Waals surface area contributed by atoms with Crippen LogP contribution < -0.4 is 14.8 Å². The SMILES string of the molecule is CCOC(=O)/C=c1\s/c(=C\c2ccc(Br)cc2F)c(=O)n1CC(=O)N1CCOCC1. The van der Waals surface area contributed by atoms with E-state index in [1.807, 2.05) is 0 Å². The number of carbonyl (C=O) groups is 2. The fourth-order valence-electron chi connectivity index (χ4n) is 2.89. The smallest absolute Gasteiger partial charge is 0.333 e. The van der Waals surface area contributed by atoms with E-state index in [4.69, 9.17) is 9.47 Å². The maximum atomic E-state index is 14.2. The lowest BCUT2D eigenvalue weighted by atomic mass is 10.2. The van der Waals surface area contributed by atoms with Gasteiger partial charge in [-0.15, -0.1) is 11.3 Å². The number of amides is 1. The van der Waals surface area contributed by atoms with Crippen molar-refractivity contribution in [3.8, 4) is 0 Å². The zero-order valence-electron chi connectivity index (χ0n) is 16.2. The molecule has 1 saturated heterocycles. The fraction of sp³-hybridized carbons (Fsp3) is 0.350. The Morgan fingerprint density at radius 2 is 2.07 bits per heavy atom. The predicted octanol–water partition coefficient (Wildman–Crippen LogP) is 0.843. The van der Waals surface area contributed by atoms with E-state index in [1.54, 1.807) is 17.9 Å². The van der Waals surface area contributed by atoms with E-state index in [9.17, 15) is 18.8 Å². The molecule has 0 atom stereocenters. The molecule has 1 aliphatic rings. The van der Waals surface area contributed by atoms with Gasteiger partial charge in [0.2, 0.25) is 5.91 Å². The van der Waals surface area contributed by atoms with Crippen LogP contribution in [-0.4, -0.2) is 54.3 Å². The van der Waals surface area contributed by atoms with Gasteiger partial charge >= 0.3 is 5.97 Å². The second-order valence-electron chi connectivity index (χ2n) is 6.40. The van der Waals surface area contributed by atoms with Crippen molar-refractivity contribution < 1.29 is 23.5 Å². The van der Waals surface area contributed by atoms with Crippen LogP contribution in [0.3, 0.4) is 0 Å². The van der Waals surface area contributed by atoms with Crippen molar-refractivity contribution in [1.29, 1.82) is 0 Å². The van der Waals surface area contributed by atoms with E-state index in [1.165, 1.54) is 28.9 Å². The Bertz CT molecular complexity index is 1120. The molecule has 7 nitrogen and oxygen atoms in total. The molecule has 1 aromatic heterocycles. The summed E-state index contributed by atoms with van der Waals surface area (Å²) in [5, 5.41) is 0. The van der Waals surface area contributed by atoms with Gasteiger partial charge < -0.3 is 14.4 Å². The summed E-state index contributed by atoms with van der Waals surface area (Å²) < 4.78 is 26.7. The number of aromatic nitrogens is 1. The molecule has 0 saturated carbocycles. The van der Waals surface area contributed by atoms with Gasteiger partial charge in [0.1, 0.15) is 17.0 Å². The number of esters is 1. The third-order valence-electron chi connectivity index (χ3n) is 4.37. The van der Waals surface area contributed by atoms with Crippen molar-refractivity contribution in [3.63, 3.8) is 0 Å². The number of hydrogen-bond donors (Lipinski definition) is 0. The van der Waals surface area contributed by atoms with Crippen LogP contribution in [-0.2, 0) is 25.6 Å². The zero-order chi connectivity index (χ0) is 21.7. The normalized spacial score (nSPS) is 15.5. The summed E-state index contributed by atoms with van der Waals surface area (Å²) in [4.78, 5) is 39.2. The number of rotatable bonds is 5. The monoisotopic (exact) mass is 498 g/mol. The first kappa shape index (κ1) is 22.4. The molecular weight excluding hydrogens is 479 g/mol. The molecule has 3 rings (SSSR count). The largest absolute Gasteiger partial charge is 0.463 e. The second-order valence-corrected chi connectivity index (χ2v) is 8.37. The van der Waals surface area contributed by atoms with Crippen molar-refractivity contribution in [2.45, 2.75) is 13.5 Å². The molecule has 1 fully saturated rings. The average molecular weight is 499 g/mol. The summed E-state index contributed by atoms with van der Waals surface area (Å²) in [6.07, 6.45) is 2.59. The molecule has 0 unspecified atom stereocenters.